The molecule has 1 fully saturated rings. The number of anilines is 2. The number of aromatic nitrogens is 4. The van der Waals surface area contributed by atoms with Crippen LogP contribution in [0.5, 0.6) is 0 Å². The van der Waals surface area contributed by atoms with E-state index in [0.29, 0.717) is 35.4 Å². The van der Waals surface area contributed by atoms with Crippen LogP contribution in [0.15, 0.2) is 40.1 Å². The van der Waals surface area contributed by atoms with E-state index in [4.69, 9.17) is 4.52 Å². The summed E-state index contributed by atoms with van der Waals surface area (Å²) in [5.41, 5.74) is 2.19. The minimum atomic E-state index is -0.0773. The van der Waals surface area contributed by atoms with Crippen LogP contribution >= 0.6 is 11.8 Å². The van der Waals surface area contributed by atoms with Crippen molar-refractivity contribution in [3.8, 4) is 11.4 Å². The zero-order chi connectivity index (χ0) is 20.7. The van der Waals surface area contributed by atoms with Gasteiger partial charge in [-0.2, -0.15) is 4.98 Å². The second kappa shape index (κ2) is 7.71. The lowest BCUT2D eigenvalue weighted by molar-refractivity contribution is 0.0988. The molecule has 154 valence electrons. The van der Waals surface area contributed by atoms with Crippen LogP contribution in [-0.2, 0) is 6.42 Å². The number of thioether (sulfide) groups is 1. The average Bonchev–Trinajstić information content (AvgIpc) is 3.44. The molecule has 9 heteroatoms. The van der Waals surface area contributed by atoms with Gasteiger partial charge in [0.05, 0.1) is 0 Å². The van der Waals surface area contributed by atoms with Crippen LogP contribution in [0.25, 0.3) is 11.4 Å². The highest BCUT2D eigenvalue weighted by Crippen LogP contribution is 2.35. The Balaban J connectivity index is 1.56. The maximum absolute atomic E-state index is 13.5. The van der Waals surface area contributed by atoms with Gasteiger partial charge in [-0.1, -0.05) is 36.0 Å². The van der Waals surface area contributed by atoms with Crippen molar-refractivity contribution < 1.29 is 9.32 Å². The number of amides is 1. The van der Waals surface area contributed by atoms with Crippen molar-refractivity contribution in [2.45, 2.75) is 37.4 Å². The predicted octanol–water partition coefficient (Wildman–Crippen LogP) is 3.44. The third kappa shape index (κ3) is 3.23. The first-order valence-electron chi connectivity index (χ1n) is 10.1. The molecule has 1 aromatic carbocycles. The zero-order valence-corrected chi connectivity index (χ0v) is 17.7. The molecule has 0 aliphatic carbocycles. The highest BCUT2D eigenvalue weighted by Gasteiger charge is 2.37. The minimum Gasteiger partial charge on any atom is -0.351 e. The molecule has 30 heavy (non-hydrogen) atoms. The summed E-state index contributed by atoms with van der Waals surface area (Å²) < 4.78 is 5.25. The van der Waals surface area contributed by atoms with Gasteiger partial charge in [0, 0.05) is 43.0 Å². The summed E-state index contributed by atoms with van der Waals surface area (Å²) in [5.74, 6) is 1.81. The molecule has 0 saturated carbocycles. The van der Waals surface area contributed by atoms with Gasteiger partial charge in [-0.3, -0.25) is 4.79 Å². The Kier molecular flexibility index (Phi) is 4.90. The highest BCUT2D eigenvalue weighted by atomic mass is 32.2. The van der Waals surface area contributed by atoms with Crippen LogP contribution in [0.1, 0.15) is 36.0 Å². The smallest absolute Gasteiger partial charge is 0.263 e. The molecule has 1 amide bonds. The molecule has 4 heterocycles. The number of aryl methyl sites for hydroxylation is 1. The van der Waals surface area contributed by atoms with E-state index in [0.717, 1.165) is 36.5 Å². The summed E-state index contributed by atoms with van der Waals surface area (Å²) in [5, 5.41) is 4.76. The number of nitrogens with zero attached hydrogens (tertiary/aromatic N) is 6. The second-order valence-corrected chi connectivity index (χ2v) is 8.19. The van der Waals surface area contributed by atoms with Crippen LogP contribution < -0.4 is 9.80 Å². The van der Waals surface area contributed by atoms with Gasteiger partial charge in [0.15, 0.2) is 5.16 Å². The number of fused-ring (bicyclic) bond motifs is 3. The number of carbonyl (C=O) groups excluding carboxylic acids is 1. The third-order valence-corrected chi connectivity index (χ3v) is 6.20. The molecule has 2 aliphatic heterocycles. The lowest BCUT2D eigenvalue weighted by Crippen LogP contribution is -2.39. The van der Waals surface area contributed by atoms with E-state index in [1.54, 1.807) is 6.20 Å². The lowest BCUT2D eigenvalue weighted by Gasteiger charge is -2.27. The van der Waals surface area contributed by atoms with Crippen LogP contribution in [-0.4, -0.2) is 51.4 Å². The quantitative estimate of drug-likeness (QED) is 0.467. The monoisotopic (exact) mass is 422 g/mol. The standard InChI is InChI=1S/C21H22N6O2S/c1-3-17-23-18(25-29-17)13-6-4-7-14(10-13)27-12-15-8-5-9-26(15)19-16(20(27)28)11-22-21(24-19)30-2/h4,6-7,10-11,15H,3,5,8-9,12H2,1-2H3. The fourth-order valence-electron chi connectivity index (χ4n) is 4.12. The van der Waals surface area contributed by atoms with E-state index in [-0.39, 0.29) is 11.9 Å². The summed E-state index contributed by atoms with van der Waals surface area (Å²) in [6.07, 6.45) is 6.42. The molecule has 0 bridgehead atoms. The zero-order valence-electron chi connectivity index (χ0n) is 16.9. The highest BCUT2D eigenvalue weighted by molar-refractivity contribution is 7.98. The molecule has 2 aromatic heterocycles. The fraction of sp³-hybridized carbons (Fsp3) is 0.381. The van der Waals surface area contributed by atoms with E-state index in [1.165, 1.54) is 11.8 Å². The minimum absolute atomic E-state index is 0.0773. The normalized spacial score (nSPS) is 18.3. The number of benzene rings is 1. The molecule has 0 radical (unpaired) electrons. The topological polar surface area (TPSA) is 88.3 Å². The maximum Gasteiger partial charge on any atom is 0.263 e. The van der Waals surface area contributed by atoms with Crippen molar-refractivity contribution in [2.24, 2.45) is 0 Å². The predicted molar refractivity (Wildman–Crippen MR) is 115 cm³/mol. The Hall–Kier alpha value is -2.94. The molecule has 1 atom stereocenters. The van der Waals surface area contributed by atoms with E-state index in [1.807, 2.05) is 42.3 Å². The van der Waals surface area contributed by atoms with Crippen molar-refractivity contribution in [3.05, 3.63) is 41.9 Å². The van der Waals surface area contributed by atoms with Crippen molar-refractivity contribution in [1.29, 1.82) is 0 Å². The van der Waals surface area contributed by atoms with Gasteiger partial charge in [0.25, 0.3) is 5.91 Å². The largest absolute Gasteiger partial charge is 0.351 e. The Bertz CT molecular complexity index is 1100. The van der Waals surface area contributed by atoms with E-state index < -0.39 is 0 Å². The number of hydrogen-bond acceptors (Lipinski definition) is 8. The summed E-state index contributed by atoms with van der Waals surface area (Å²) in [6.45, 7) is 3.49. The van der Waals surface area contributed by atoms with Gasteiger partial charge >= 0.3 is 0 Å². The van der Waals surface area contributed by atoms with Crippen molar-refractivity contribution in [3.63, 3.8) is 0 Å². The van der Waals surface area contributed by atoms with Crippen molar-refractivity contribution >= 4 is 29.2 Å². The fourth-order valence-corrected chi connectivity index (χ4v) is 4.46. The lowest BCUT2D eigenvalue weighted by atomic mass is 10.1. The third-order valence-electron chi connectivity index (χ3n) is 5.63. The summed E-state index contributed by atoms with van der Waals surface area (Å²) in [7, 11) is 0. The first kappa shape index (κ1) is 19.0. The van der Waals surface area contributed by atoms with Gasteiger partial charge < -0.3 is 14.3 Å². The Labute approximate surface area is 178 Å². The van der Waals surface area contributed by atoms with Gasteiger partial charge in [0.2, 0.25) is 11.7 Å². The molecule has 1 unspecified atom stereocenters. The molecular weight excluding hydrogens is 400 g/mol. The molecular formula is C21H22N6O2S. The van der Waals surface area contributed by atoms with Gasteiger partial charge in [0.1, 0.15) is 11.4 Å². The molecule has 3 aromatic rings. The van der Waals surface area contributed by atoms with E-state index >= 15 is 0 Å². The number of carbonyl (C=O) groups is 1. The Morgan fingerprint density at radius 3 is 3.00 bits per heavy atom. The number of hydrogen-bond donors (Lipinski definition) is 0. The van der Waals surface area contributed by atoms with E-state index in [9.17, 15) is 4.79 Å². The second-order valence-electron chi connectivity index (χ2n) is 7.41. The summed E-state index contributed by atoms with van der Waals surface area (Å²) in [6, 6.07) is 7.98. The first-order chi connectivity index (χ1) is 14.7. The Morgan fingerprint density at radius 2 is 2.20 bits per heavy atom. The van der Waals surface area contributed by atoms with Crippen LogP contribution in [0.3, 0.4) is 0 Å². The average molecular weight is 423 g/mol. The molecule has 8 nitrogen and oxygen atoms in total. The van der Waals surface area contributed by atoms with Crippen molar-refractivity contribution in [1.82, 2.24) is 20.1 Å². The van der Waals surface area contributed by atoms with Gasteiger partial charge in [-0.25, -0.2) is 9.97 Å². The van der Waals surface area contributed by atoms with Crippen LogP contribution in [0, 0.1) is 0 Å². The number of rotatable bonds is 4. The molecule has 1 saturated heterocycles. The van der Waals surface area contributed by atoms with Gasteiger partial charge in [-0.15, -0.1) is 0 Å². The molecule has 0 spiro atoms. The summed E-state index contributed by atoms with van der Waals surface area (Å²) >= 11 is 1.49. The first-order valence-corrected chi connectivity index (χ1v) is 11.3. The Morgan fingerprint density at radius 1 is 1.30 bits per heavy atom. The summed E-state index contributed by atoms with van der Waals surface area (Å²) in [4.78, 5) is 31.1. The van der Waals surface area contributed by atoms with Gasteiger partial charge in [-0.05, 0) is 31.2 Å². The SMILES string of the molecule is CCc1nc(-c2cccc(N3CC4CCCN4c4nc(SC)ncc4C3=O)c2)no1. The van der Waals surface area contributed by atoms with Crippen LogP contribution in [0.4, 0.5) is 11.5 Å². The maximum atomic E-state index is 13.5. The molecule has 2 aliphatic rings. The molecule has 0 N–H and O–H groups in total. The molecule has 5 rings (SSSR count). The van der Waals surface area contributed by atoms with Crippen molar-refractivity contribution in [2.75, 3.05) is 29.1 Å². The van der Waals surface area contributed by atoms with E-state index in [2.05, 4.69) is 25.0 Å². The van der Waals surface area contributed by atoms with Crippen LogP contribution in [0.2, 0.25) is 0 Å².